The van der Waals surface area contributed by atoms with Gasteiger partial charge in [-0.15, -0.1) is 0 Å². The fourth-order valence-electron chi connectivity index (χ4n) is 1.96. The van der Waals surface area contributed by atoms with E-state index < -0.39 is 0 Å². The molecule has 1 fully saturated rings. The number of carbonyl (C=O) groups is 1. The fraction of sp³-hybridized carbons (Fsp3) is 0.417. The summed E-state index contributed by atoms with van der Waals surface area (Å²) >= 11 is 0. The van der Waals surface area contributed by atoms with Crippen LogP contribution in [0.3, 0.4) is 0 Å². The van der Waals surface area contributed by atoms with Gasteiger partial charge < -0.3 is 16.2 Å². The van der Waals surface area contributed by atoms with Crippen LogP contribution in [0.25, 0.3) is 0 Å². The lowest BCUT2D eigenvalue weighted by atomic mass is 10.1. The number of hydrogen-bond donors (Lipinski definition) is 3. The highest BCUT2D eigenvalue weighted by molar-refractivity contribution is 5.78. The van der Waals surface area contributed by atoms with Crippen LogP contribution in [0.5, 0.6) is 5.75 Å². The van der Waals surface area contributed by atoms with E-state index >= 15 is 0 Å². The summed E-state index contributed by atoms with van der Waals surface area (Å²) in [5.41, 5.74) is 7.02. The zero-order valence-corrected chi connectivity index (χ0v) is 9.65. The molecule has 0 spiro atoms. The number of benzene rings is 1. The SMILES string of the molecule is Nc1cc(CN2CCCNC(=O)C2)ccc1O. The molecule has 1 aromatic carbocycles. The molecule has 0 aliphatic carbocycles. The molecule has 1 aromatic rings. The third-order valence-corrected chi connectivity index (χ3v) is 2.84. The molecule has 1 saturated heterocycles. The van der Waals surface area contributed by atoms with Gasteiger partial charge in [0, 0.05) is 19.6 Å². The lowest BCUT2D eigenvalue weighted by Gasteiger charge is -2.18. The average molecular weight is 235 g/mol. The maximum atomic E-state index is 11.4. The molecule has 2 rings (SSSR count). The molecule has 4 N–H and O–H groups in total. The van der Waals surface area contributed by atoms with Gasteiger partial charge in [0.05, 0.1) is 12.2 Å². The molecule has 1 amide bonds. The van der Waals surface area contributed by atoms with Gasteiger partial charge >= 0.3 is 0 Å². The minimum Gasteiger partial charge on any atom is -0.506 e. The second-order valence-corrected chi connectivity index (χ2v) is 4.31. The third-order valence-electron chi connectivity index (χ3n) is 2.84. The summed E-state index contributed by atoms with van der Waals surface area (Å²) in [5, 5.41) is 12.2. The predicted molar refractivity (Wildman–Crippen MR) is 65.4 cm³/mol. The minimum atomic E-state index is 0.0641. The highest BCUT2D eigenvalue weighted by Gasteiger charge is 2.14. The van der Waals surface area contributed by atoms with E-state index in [1.165, 1.54) is 0 Å². The number of nitrogens with one attached hydrogen (secondary N) is 1. The van der Waals surface area contributed by atoms with Crippen molar-refractivity contribution < 1.29 is 9.90 Å². The Hall–Kier alpha value is -1.75. The van der Waals surface area contributed by atoms with Gasteiger partial charge in [-0.1, -0.05) is 6.07 Å². The highest BCUT2D eigenvalue weighted by Crippen LogP contribution is 2.21. The molecule has 0 saturated carbocycles. The molecule has 17 heavy (non-hydrogen) atoms. The van der Waals surface area contributed by atoms with Crippen molar-refractivity contribution >= 4 is 11.6 Å². The van der Waals surface area contributed by atoms with Crippen LogP contribution in [-0.4, -0.2) is 35.5 Å². The number of carbonyl (C=O) groups excluding carboxylic acids is 1. The predicted octanol–water partition coefficient (Wildman–Crippen LogP) is 0.296. The van der Waals surface area contributed by atoms with Crippen molar-refractivity contribution in [2.24, 2.45) is 0 Å². The molecular weight excluding hydrogens is 218 g/mol. The van der Waals surface area contributed by atoms with Crippen LogP contribution < -0.4 is 11.1 Å². The van der Waals surface area contributed by atoms with Crippen molar-refractivity contribution in [1.29, 1.82) is 0 Å². The largest absolute Gasteiger partial charge is 0.506 e. The number of nitrogen functional groups attached to an aromatic ring is 1. The lowest BCUT2D eigenvalue weighted by Crippen LogP contribution is -2.32. The maximum absolute atomic E-state index is 11.4. The average Bonchev–Trinajstić information content (AvgIpc) is 2.48. The Labute approximate surface area is 100 Å². The number of amides is 1. The standard InChI is InChI=1S/C12H17N3O2/c13-10-6-9(2-3-11(10)16)7-15-5-1-4-14-12(17)8-15/h2-3,6,16H,1,4-5,7-8,13H2,(H,14,17). The van der Waals surface area contributed by atoms with E-state index in [9.17, 15) is 9.90 Å². The molecule has 0 aromatic heterocycles. The van der Waals surface area contributed by atoms with Gasteiger partial charge in [0.15, 0.2) is 0 Å². The van der Waals surface area contributed by atoms with E-state index in [2.05, 4.69) is 10.2 Å². The summed E-state index contributed by atoms with van der Waals surface area (Å²) in [6.45, 7) is 2.73. The van der Waals surface area contributed by atoms with Crippen molar-refractivity contribution in [3.05, 3.63) is 23.8 Å². The molecule has 1 heterocycles. The molecule has 5 heteroatoms. The fourth-order valence-corrected chi connectivity index (χ4v) is 1.96. The van der Waals surface area contributed by atoms with E-state index in [4.69, 9.17) is 5.73 Å². The van der Waals surface area contributed by atoms with E-state index in [1.807, 2.05) is 6.07 Å². The van der Waals surface area contributed by atoms with Crippen molar-refractivity contribution in [2.45, 2.75) is 13.0 Å². The van der Waals surface area contributed by atoms with Crippen LogP contribution in [0.2, 0.25) is 0 Å². The number of anilines is 1. The van der Waals surface area contributed by atoms with Crippen LogP contribution in [-0.2, 0) is 11.3 Å². The van der Waals surface area contributed by atoms with Crippen LogP contribution in [0.4, 0.5) is 5.69 Å². The first kappa shape index (κ1) is 11.7. The zero-order valence-electron chi connectivity index (χ0n) is 9.65. The number of nitrogens with zero attached hydrogens (tertiary/aromatic N) is 1. The monoisotopic (exact) mass is 235 g/mol. The van der Waals surface area contributed by atoms with Crippen LogP contribution in [0, 0.1) is 0 Å². The van der Waals surface area contributed by atoms with E-state index in [1.54, 1.807) is 12.1 Å². The summed E-state index contributed by atoms with van der Waals surface area (Å²) in [5.74, 6) is 0.164. The Morgan fingerprint density at radius 1 is 1.47 bits per heavy atom. The Morgan fingerprint density at radius 3 is 3.06 bits per heavy atom. The number of hydrogen-bond acceptors (Lipinski definition) is 4. The molecule has 1 aliphatic rings. The number of nitrogens with two attached hydrogens (primary N) is 1. The molecule has 0 unspecified atom stereocenters. The molecule has 0 radical (unpaired) electrons. The first-order valence-corrected chi connectivity index (χ1v) is 5.71. The van der Waals surface area contributed by atoms with Crippen LogP contribution >= 0.6 is 0 Å². The highest BCUT2D eigenvalue weighted by atomic mass is 16.3. The van der Waals surface area contributed by atoms with E-state index in [0.29, 0.717) is 18.8 Å². The first-order chi connectivity index (χ1) is 8.15. The van der Waals surface area contributed by atoms with Gasteiger partial charge in [-0.05, 0) is 24.1 Å². The van der Waals surface area contributed by atoms with E-state index in [0.717, 1.165) is 25.1 Å². The Balaban J connectivity index is 2.03. The number of rotatable bonds is 2. The van der Waals surface area contributed by atoms with Crippen molar-refractivity contribution in [2.75, 3.05) is 25.4 Å². The van der Waals surface area contributed by atoms with Crippen LogP contribution in [0.1, 0.15) is 12.0 Å². The molecular formula is C12H17N3O2. The summed E-state index contributed by atoms with van der Waals surface area (Å²) in [6.07, 6.45) is 0.958. The van der Waals surface area contributed by atoms with Crippen LogP contribution in [0.15, 0.2) is 18.2 Å². The molecule has 0 atom stereocenters. The summed E-state index contributed by atoms with van der Waals surface area (Å²) in [7, 11) is 0. The quantitative estimate of drug-likeness (QED) is 0.509. The summed E-state index contributed by atoms with van der Waals surface area (Å²) < 4.78 is 0. The first-order valence-electron chi connectivity index (χ1n) is 5.71. The molecule has 92 valence electrons. The normalized spacial score (nSPS) is 17.5. The number of phenols is 1. The number of phenolic OH excluding ortho intramolecular Hbond substituents is 1. The Morgan fingerprint density at radius 2 is 2.29 bits per heavy atom. The van der Waals surface area contributed by atoms with Gasteiger partial charge in [-0.25, -0.2) is 0 Å². The van der Waals surface area contributed by atoms with Crippen molar-refractivity contribution in [3.63, 3.8) is 0 Å². The molecule has 5 nitrogen and oxygen atoms in total. The maximum Gasteiger partial charge on any atom is 0.234 e. The van der Waals surface area contributed by atoms with Gasteiger partial charge in [-0.3, -0.25) is 9.69 Å². The Kier molecular flexibility index (Phi) is 3.49. The second-order valence-electron chi connectivity index (χ2n) is 4.31. The van der Waals surface area contributed by atoms with Gasteiger partial charge in [0.1, 0.15) is 5.75 Å². The smallest absolute Gasteiger partial charge is 0.234 e. The molecule has 1 aliphatic heterocycles. The van der Waals surface area contributed by atoms with Crippen molar-refractivity contribution in [1.82, 2.24) is 10.2 Å². The minimum absolute atomic E-state index is 0.0641. The topological polar surface area (TPSA) is 78.6 Å². The molecule has 0 bridgehead atoms. The lowest BCUT2D eigenvalue weighted by molar-refractivity contribution is -0.121. The summed E-state index contributed by atoms with van der Waals surface area (Å²) in [4.78, 5) is 13.5. The van der Waals surface area contributed by atoms with Gasteiger partial charge in [-0.2, -0.15) is 0 Å². The van der Waals surface area contributed by atoms with Crippen molar-refractivity contribution in [3.8, 4) is 5.75 Å². The van der Waals surface area contributed by atoms with Gasteiger partial charge in [0.25, 0.3) is 0 Å². The third kappa shape index (κ3) is 3.10. The number of aromatic hydroxyl groups is 1. The van der Waals surface area contributed by atoms with E-state index in [-0.39, 0.29) is 11.7 Å². The zero-order chi connectivity index (χ0) is 12.3. The summed E-state index contributed by atoms with van der Waals surface area (Å²) in [6, 6.07) is 5.16. The second kappa shape index (κ2) is 5.05. The Bertz CT molecular complexity index is 420. The van der Waals surface area contributed by atoms with Gasteiger partial charge in [0.2, 0.25) is 5.91 Å².